The number of amides is 1. The number of carbonyl (C=O) groups excluding carboxylic acids is 1. The molecule has 4 heterocycles. The Kier molecular flexibility index (Phi) is 5.48. The number of rotatable bonds is 5. The molecule has 0 bridgehead atoms. The molecule has 0 radical (unpaired) electrons. The van der Waals surface area contributed by atoms with Crippen LogP contribution < -0.4 is 10.2 Å². The molecule has 1 amide bonds. The molecule has 2 aliphatic heterocycles. The summed E-state index contributed by atoms with van der Waals surface area (Å²) in [4.78, 5) is 25.6. The Balaban J connectivity index is 1.33. The fraction of sp³-hybridized carbons (Fsp3) is 0.450. The summed E-state index contributed by atoms with van der Waals surface area (Å²) in [5.41, 5.74) is 1.49. The maximum Gasteiger partial charge on any atom is 0.255 e. The number of hydrogen-bond donors (Lipinski definition) is 1. The minimum absolute atomic E-state index is 0.0314. The number of piperazine rings is 1. The maximum atomic E-state index is 12.9. The van der Waals surface area contributed by atoms with Crippen molar-refractivity contribution in [3.63, 3.8) is 0 Å². The smallest absolute Gasteiger partial charge is 0.255 e. The van der Waals surface area contributed by atoms with Crippen molar-refractivity contribution < 1.29 is 9.53 Å². The molecule has 2 fully saturated rings. The van der Waals surface area contributed by atoms with Crippen molar-refractivity contribution in [2.24, 2.45) is 0 Å². The zero-order chi connectivity index (χ0) is 18.5. The van der Waals surface area contributed by atoms with E-state index in [1.807, 2.05) is 29.2 Å². The molecule has 0 aromatic carbocycles. The van der Waals surface area contributed by atoms with Crippen molar-refractivity contribution >= 4 is 17.4 Å². The number of carbonyl (C=O) groups is 1. The van der Waals surface area contributed by atoms with Gasteiger partial charge >= 0.3 is 0 Å². The van der Waals surface area contributed by atoms with Crippen molar-refractivity contribution in [3.8, 4) is 0 Å². The molecule has 2 aliphatic rings. The molecule has 2 aromatic heterocycles. The number of anilines is 2. The van der Waals surface area contributed by atoms with Crippen molar-refractivity contribution in [1.29, 1.82) is 0 Å². The maximum absolute atomic E-state index is 12.9. The highest BCUT2D eigenvalue weighted by atomic mass is 16.5. The van der Waals surface area contributed by atoms with Crippen LogP contribution in [-0.2, 0) is 4.74 Å². The van der Waals surface area contributed by atoms with Crippen LogP contribution in [0.15, 0.2) is 42.9 Å². The Morgan fingerprint density at radius 1 is 1.22 bits per heavy atom. The first-order chi connectivity index (χ1) is 13.3. The van der Waals surface area contributed by atoms with Gasteiger partial charge in [-0.25, -0.2) is 4.98 Å². The molecular formula is C20H25N5O2. The fourth-order valence-corrected chi connectivity index (χ4v) is 3.55. The van der Waals surface area contributed by atoms with Crippen molar-refractivity contribution in [2.45, 2.75) is 18.9 Å². The van der Waals surface area contributed by atoms with Gasteiger partial charge in [-0.15, -0.1) is 0 Å². The number of aromatic nitrogens is 2. The first-order valence-electron chi connectivity index (χ1n) is 9.55. The van der Waals surface area contributed by atoms with E-state index in [-0.39, 0.29) is 12.0 Å². The lowest BCUT2D eigenvalue weighted by Gasteiger charge is -2.35. The van der Waals surface area contributed by atoms with Crippen LogP contribution in [0, 0.1) is 0 Å². The SMILES string of the molecule is O=C(c1cncc(NCC2CCCO2)c1)N1CCN(c2ccccn2)CC1. The molecule has 1 unspecified atom stereocenters. The first kappa shape index (κ1) is 17.7. The fourth-order valence-electron chi connectivity index (χ4n) is 3.55. The number of hydrogen-bond acceptors (Lipinski definition) is 6. The van der Waals surface area contributed by atoms with Crippen LogP contribution in [0.25, 0.3) is 0 Å². The second-order valence-corrected chi connectivity index (χ2v) is 6.95. The van der Waals surface area contributed by atoms with Crippen molar-refractivity contribution in [1.82, 2.24) is 14.9 Å². The molecule has 2 aromatic rings. The summed E-state index contributed by atoms with van der Waals surface area (Å²) in [7, 11) is 0. The molecule has 7 heteroatoms. The van der Waals surface area contributed by atoms with Crippen molar-refractivity contribution in [2.75, 3.05) is 49.5 Å². The molecule has 0 spiro atoms. The van der Waals surface area contributed by atoms with Crippen LogP contribution >= 0.6 is 0 Å². The van der Waals surface area contributed by atoms with Crippen LogP contribution in [0.2, 0.25) is 0 Å². The van der Waals surface area contributed by atoms with E-state index < -0.39 is 0 Å². The average molecular weight is 367 g/mol. The molecule has 4 rings (SSSR count). The van der Waals surface area contributed by atoms with Crippen LogP contribution in [0.1, 0.15) is 23.2 Å². The topological polar surface area (TPSA) is 70.6 Å². The van der Waals surface area contributed by atoms with Crippen LogP contribution in [0.3, 0.4) is 0 Å². The summed E-state index contributed by atoms with van der Waals surface area (Å²) in [6.45, 7) is 4.53. The van der Waals surface area contributed by atoms with E-state index in [9.17, 15) is 4.79 Å². The molecule has 0 aliphatic carbocycles. The van der Waals surface area contributed by atoms with Gasteiger partial charge in [0, 0.05) is 57.9 Å². The summed E-state index contributed by atoms with van der Waals surface area (Å²) < 4.78 is 5.63. The third kappa shape index (κ3) is 4.36. The van der Waals surface area contributed by atoms with Crippen LogP contribution in [0.4, 0.5) is 11.5 Å². The van der Waals surface area contributed by atoms with Gasteiger partial charge in [-0.1, -0.05) is 6.07 Å². The summed E-state index contributed by atoms with van der Waals surface area (Å²) in [6, 6.07) is 7.79. The summed E-state index contributed by atoms with van der Waals surface area (Å²) in [6.07, 6.45) is 7.65. The normalized spacial score (nSPS) is 19.9. The highest BCUT2D eigenvalue weighted by Gasteiger charge is 2.23. The Hall–Kier alpha value is -2.67. The average Bonchev–Trinajstić information content (AvgIpc) is 3.26. The molecule has 7 nitrogen and oxygen atoms in total. The van der Waals surface area contributed by atoms with E-state index in [4.69, 9.17) is 4.74 Å². The molecule has 27 heavy (non-hydrogen) atoms. The third-order valence-electron chi connectivity index (χ3n) is 5.08. The Morgan fingerprint density at radius 2 is 2.11 bits per heavy atom. The number of nitrogens with one attached hydrogen (secondary N) is 1. The zero-order valence-electron chi connectivity index (χ0n) is 15.4. The van der Waals surface area contributed by atoms with Gasteiger partial charge in [0.25, 0.3) is 5.91 Å². The Bertz CT molecular complexity index is 756. The summed E-state index contributed by atoms with van der Waals surface area (Å²) in [5.74, 6) is 0.996. The molecule has 0 saturated carbocycles. The van der Waals surface area contributed by atoms with Gasteiger partial charge in [0.15, 0.2) is 0 Å². The van der Waals surface area contributed by atoms with Crippen LogP contribution in [-0.4, -0.2) is 66.2 Å². The van der Waals surface area contributed by atoms with E-state index in [0.29, 0.717) is 18.7 Å². The van der Waals surface area contributed by atoms with E-state index in [1.165, 1.54) is 0 Å². The molecule has 1 atom stereocenters. The number of ether oxygens (including phenoxy) is 1. The van der Waals surface area contributed by atoms with Gasteiger partial charge in [0.2, 0.25) is 0 Å². The number of pyridine rings is 2. The molecule has 142 valence electrons. The third-order valence-corrected chi connectivity index (χ3v) is 5.08. The quantitative estimate of drug-likeness (QED) is 0.872. The van der Waals surface area contributed by atoms with Gasteiger partial charge in [-0.2, -0.15) is 0 Å². The monoisotopic (exact) mass is 367 g/mol. The first-order valence-corrected chi connectivity index (χ1v) is 9.55. The summed E-state index contributed by atoms with van der Waals surface area (Å²) >= 11 is 0. The van der Waals surface area contributed by atoms with E-state index in [2.05, 4.69) is 20.2 Å². The zero-order valence-corrected chi connectivity index (χ0v) is 15.4. The predicted molar refractivity (Wildman–Crippen MR) is 104 cm³/mol. The second-order valence-electron chi connectivity index (χ2n) is 6.95. The van der Waals surface area contributed by atoms with Gasteiger partial charge in [-0.3, -0.25) is 9.78 Å². The number of nitrogens with zero attached hydrogens (tertiary/aromatic N) is 4. The van der Waals surface area contributed by atoms with E-state index >= 15 is 0 Å². The van der Waals surface area contributed by atoms with E-state index in [1.54, 1.807) is 18.6 Å². The van der Waals surface area contributed by atoms with E-state index in [0.717, 1.165) is 50.6 Å². The minimum Gasteiger partial charge on any atom is -0.381 e. The lowest BCUT2D eigenvalue weighted by atomic mass is 10.2. The molecular weight excluding hydrogens is 342 g/mol. The highest BCUT2D eigenvalue weighted by molar-refractivity contribution is 5.94. The second kappa shape index (κ2) is 8.35. The highest BCUT2D eigenvalue weighted by Crippen LogP contribution is 2.17. The summed E-state index contributed by atoms with van der Waals surface area (Å²) in [5, 5.41) is 3.34. The molecule has 2 saturated heterocycles. The largest absolute Gasteiger partial charge is 0.381 e. The van der Waals surface area contributed by atoms with Gasteiger partial charge in [0.05, 0.1) is 17.4 Å². The predicted octanol–water partition coefficient (Wildman–Crippen LogP) is 2.03. The van der Waals surface area contributed by atoms with Crippen molar-refractivity contribution in [3.05, 3.63) is 48.4 Å². The van der Waals surface area contributed by atoms with Gasteiger partial charge in [-0.05, 0) is 31.0 Å². The lowest BCUT2D eigenvalue weighted by molar-refractivity contribution is 0.0746. The standard InChI is InChI=1S/C20H25N5O2/c26-20(25-9-7-24(8-10-25)19-5-1-2-6-22-19)16-12-17(14-21-13-16)23-15-18-4-3-11-27-18/h1-2,5-6,12-14,18,23H,3-4,7-11,15H2. The van der Waals surface area contributed by atoms with Gasteiger partial charge in [0.1, 0.15) is 5.82 Å². The lowest BCUT2D eigenvalue weighted by Crippen LogP contribution is -2.49. The molecule has 1 N–H and O–H groups in total. The van der Waals surface area contributed by atoms with Crippen LogP contribution in [0.5, 0.6) is 0 Å². The van der Waals surface area contributed by atoms with Gasteiger partial charge < -0.3 is 19.9 Å². The Labute approximate surface area is 159 Å². The minimum atomic E-state index is 0.0314. The Morgan fingerprint density at radius 3 is 2.85 bits per heavy atom.